The van der Waals surface area contributed by atoms with Crippen molar-refractivity contribution in [2.75, 3.05) is 6.54 Å². The zero-order valence-corrected chi connectivity index (χ0v) is 23.5. The number of ether oxygens (including phenoxy) is 1. The second-order valence-corrected chi connectivity index (χ2v) is 11.4. The van der Waals surface area contributed by atoms with Crippen LogP contribution in [-0.2, 0) is 9.53 Å². The molecule has 0 bridgehead atoms. The molecule has 0 aliphatic heterocycles. The lowest BCUT2D eigenvalue weighted by Crippen LogP contribution is -2.46. The van der Waals surface area contributed by atoms with E-state index in [1.54, 1.807) is 5.57 Å². The lowest BCUT2D eigenvalue weighted by Gasteiger charge is -2.33. The number of carbonyl (C=O) groups excluding carboxylic acids is 1. The third-order valence-electron chi connectivity index (χ3n) is 6.79. The highest BCUT2D eigenvalue weighted by molar-refractivity contribution is 5.85. The molecule has 0 saturated heterocycles. The summed E-state index contributed by atoms with van der Waals surface area (Å²) in [6, 6.07) is 12.5. The van der Waals surface area contributed by atoms with E-state index < -0.39 is 11.0 Å². The number of hydrogen-bond donors (Lipinski definition) is 2. The van der Waals surface area contributed by atoms with Gasteiger partial charge in [-0.25, -0.2) is 0 Å². The van der Waals surface area contributed by atoms with Crippen LogP contribution in [0.3, 0.4) is 0 Å². The summed E-state index contributed by atoms with van der Waals surface area (Å²) in [6.45, 7) is 12.7. The summed E-state index contributed by atoms with van der Waals surface area (Å²) in [5, 5.41) is 7.58. The maximum Gasteiger partial charge on any atom is 0.313 e. The van der Waals surface area contributed by atoms with Gasteiger partial charge in [-0.15, -0.1) is 24.8 Å². The van der Waals surface area contributed by atoms with E-state index in [0.29, 0.717) is 30.6 Å². The zero-order valence-electron chi connectivity index (χ0n) is 21.9. The Kier molecular flexibility index (Phi) is 12.1. The number of hydrogen-bond acceptors (Lipinski definition) is 4. The molecular formula is C28H46Cl2N2O2. The fourth-order valence-electron chi connectivity index (χ4n) is 4.68. The van der Waals surface area contributed by atoms with E-state index in [9.17, 15) is 4.79 Å². The molecule has 2 N–H and O–H groups in total. The molecule has 2 aliphatic rings. The minimum Gasteiger partial charge on any atom is -0.460 e. The Morgan fingerprint density at radius 3 is 2.15 bits per heavy atom. The first-order valence-electron chi connectivity index (χ1n) is 12.6. The van der Waals surface area contributed by atoms with Gasteiger partial charge in [0.05, 0.1) is 5.41 Å². The highest BCUT2D eigenvalue weighted by Gasteiger charge is 2.40. The zero-order chi connectivity index (χ0) is 23.4. The van der Waals surface area contributed by atoms with Crippen LogP contribution in [0.2, 0.25) is 0 Å². The maximum atomic E-state index is 12.5. The van der Waals surface area contributed by atoms with Crippen LogP contribution in [0.1, 0.15) is 85.6 Å². The molecule has 0 spiro atoms. The van der Waals surface area contributed by atoms with Gasteiger partial charge in [0.25, 0.3) is 0 Å². The fraction of sp³-hybridized carbons (Fsp3) is 0.679. The first kappa shape index (κ1) is 31.0. The van der Waals surface area contributed by atoms with Crippen molar-refractivity contribution in [1.82, 2.24) is 10.6 Å². The molecule has 0 radical (unpaired) electrons. The normalized spacial score (nSPS) is 25.1. The molecule has 2 saturated carbocycles. The van der Waals surface area contributed by atoms with Crippen molar-refractivity contribution in [2.24, 2.45) is 11.3 Å². The van der Waals surface area contributed by atoms with Crippen molar-refractivity contribution in [3.63, 3.8) is 0 Å². The van der Waals surface area contributed by atoms with E-state index >= 15 is 0 Å². The Hall–Kier alpha value is -1.07. The molecular weight excluding hydrogens is 467 g/mol. The van der Waals surface area contributed by atoms with E-state index in [2.05, 4.69) is 54.0 Å². The summed E-state index contributed by atoms with van der Waals surface area (Å²) in [5.41, 5.74) is 1.95. The smallest absolute Gasteiger partial charge is 0.313 e. The summed E-state index contributed by atoms with van der Waals surface area (Å²) in [6.07, 6.45) is 9.53. The number of halogens is 2. The number of carbonyl (C=O) groups is 1. The molecule has 1 aromatic carbocycles. The van der Waals surface area contributed by atoms with Gasteiger partial charge in [0.1, 0.15) is 5.60 Å². The van der Waals surface area contributed by atoms with Crippen LogP contribution in [0.15, 0.2) is 35.9 Å². The molecule has 6 heteroatoms. The van der Waals surface area contributed by atoms with E-state index in [1.807, 2.05) is 34.6 Å². The Morgan fingerprint density at radius 2 is 1.59 bits per heavy atom. The Morgan fingerprint density at radius 1 is 1.00 bits per heavy atom. The predicted molar refractivity (Wildman–Crippen MR) is 148 cm³/mol. The molecule has 2 atom stereocenters. The molecule has 1 aromatic rings. The molecule has 194 valence electrons. The average Bonchev–Trinajstić information content (AvgIpc) is 3.50. The van der Waals surface area contributed by atoms with Crippen LogP contribution in [-0.4, -0.2) is 36.2 Å². The summed E-state index contributed by atoms with van der Waals surface area (Å²) < 4.78 is 5.59. The minimum atomic E-state index is -0.509. The van der Waals surface area contributed by atoms with Crippen LogP contribution in [0.5, 0.6) is 0 Å². The van der Waals surface area contributed by atoms with Crippen LogP contribution < -0.4 is 10.6 Å². The Bertz CT molecular complexity index is 781. The van der Waals surface area contributed by atoms with Crippen LogP contribution in [0.4, 0.5) is 0 Å². The fourth-order valence-corrected chi connectivity index (χ4v) is 4.68. The topological polar surface area (TPSA) is 50.4 Å². The molecule has 3 rings (SSSR count). The third kappa shape index (κ3) is 9.53. The highest BCUT2D eigenvalue weighted by atomic mass is 35.5. The SMILES string of the molecule is CC/C(=C\c1ccccc1)C1CC1NC1CCC(NCC(C)(C)C(=O)OC(C)(C)C)CC1.Cl.Cl. The van der Waals surface area contributed by atoms with E-state index in [1.165, 1.54) is 37.7 Å². The lowest BCUT2D eigenvalue weighted by molar-refractivity contribution is -0.165. The van der Waals surface area contributed by atoms with Gasteiger partial charge in [0.15, 0.2) is 0 Å². The second-order valence-electron chi connectivity index (χ2n) is 11.4. The van der Waals surface area contributed by atoms with Crippen molar-refractivity contribution in [2.45, 2.75) is 104 Å². The largest absolute Gasteiger partial charge is 0.460 e. The monoisotopic (exact) mass is 512 g/mol. The lowest BCUT2D eigenvalue weighted by atomic mass is 9.88. The molecule has 0 amide bonds. The summed E-state index contributed by atoms with van der Waals surface area (Å²) >= 11 is 0. The summed E-state index contributed by atoms with van der Waals surface area (Å²) in [4.78, 5) is 12.5. The summed E-state index contributed by atoms with van der Waals surface area (Å²) in [7, 11) is 0. The van der Waals surface area contributed by atoms with Crippen molar-refractivity contribution in [3.05, 3.63) is 41.5 Å². The minimum absolute atomic E-state index is 0. The molecule has 2 fully saturated rings. The van der Waals surface area contributed by atoms with Gasteiger partial charge in [-0.2, -0.15) is 0 Å². The standard InChI is InChI=1S/C28H44N2O2.2ClH/c1-7-21(17-20-11-9-8-10-12-20)24-18-25(24)30-23-15-13-22(14-16-23)29-19-28(5,6)26(31)32-27(2,3)4;;/h8-12,17,22-25,29-30H,7,13-16,18-19H2,1-6H3;2*1H/b21-17+;;. The van der Waals surface area contributed by atoms with Gasteiger partial charge in [-0.1, -0.05) is 48.9 Å². The average molecular weight is 514 g/mol. The van der Waals surface area contributed by atoms with Crippen LogP contribution >= 0.6 is 24.8 Å². The maximum absolute atomic E-state index is 12.5. The quantitative estimate of drug-likeness (QED) is 0.367. The molecule has 34 heavy (non-hydrogen) atoms. The Balaban J connectivity index is 0.00000289. The Labute approximate surface area is 219 Å². The molecule has 4 nitrogen and oxygen atoms in total. The number of nitrogens with one attached hydrogen (secondary N) is 2. The van der Waals surface area contributed by atoms with Gasteiger partial charge < -0.3 is 15.4 Å². The van der Waals surface area contributed by atoms with Crippen LogP contribution in [0, 0.1) is 11.3 Å². The van der Waals surface area contributed by atoms with Gasteiger partial charge in [-0.3, -0.25) is 4.79 Å². The predicted octanol–water partition coefficient (Wildman–Crippen LogP) is 6.57. The van der Waals surface area contributed by atoms with E-state index in [-0.39, 0.29) is 30.8 Å². The summed E-state index contributed by atoms with van der Waals surface area (Å²) in [5.74, 6) is 0.577. The molecule has 2 aliphatic carbocycles. The van der Waals surface area contributed by atoms with Gasteiger partial charge >= 0.3 is 5.97 Å². The third-order valence-corrected chi connectivity index (χ3v) is 6.79. The number of esters is 1. The first-order chi connectivity index (χ1) is 15.1. The first-order valence-corrected chi connectivity index (χ1v) is 12.6. The van der Waals surface area contributed by atoms with Gasteiger partial charge in [0.2, 0.25) is 0 Å². The van der Waals surface area contributed by atoms with Crippen molar-refractivity contribution in [3.8, 4) is 0 Å². The molecule has 0 heterocycles. The van der Waals surface area contributed by atoms with Gasteiger partial charge in [0, 0.05) is 24.7 Å². The van der Waals surface area contributed by atoms with E-state index in [4.69, 9.17) is 4.74 Å². The van der Waals surface area contributed by atoms with Crippen molar-refractivity contribution in [1.29, 1.82) is 0 Å². The van der Waals surface area contributed by atoms with Crippen molar-refractivity contribution < 1.29 is 9.53 Å². The van der Waals surface area contributed by atoms with Gasteiger partial charge in [-0.05, 0) is 84.6 Å². The van der Waals surface area contributed by atoms with Crippen LogP contribution in [0.25, 0.3) is 6.08 Å². The second kappa shape index (κ2) is 13.3. The van der Waals surface area contributed by atoms with Crippen molar-refractivity contribution >= 4 is 36.9 Å². The molecule has 2 unspecified atom stereocenters. The highest BCUT2D eigenvalue weighted by Crippen LogP contribution is 2.40. The van der Waals surface area contributed by atoms with E-state index in [0.717, 1.165) is 6.42 Å². The molecule has 0 aromatic heterocycles. The number of benzene rings is 1. The number of rotatable bonds is 9.